The highest BCUT2D eigenvalue weighted by Gasteiger charge is 2.37. The Labute approximate surface area is 165 Å². The summed E-state index contributed by atoms with van der Waals surface area (Å²) in [6, 6.07) is 0. The molecule has 0 bridgehead atoms. The van der Waals surface area contributed by atoms with Crippen molar-refractivity contribution in [2.24, 2.45) is 0 Å². The second kappa shape index (κ2) is 10.2. The minimum atomic E-state index is -0.395. The molecule has 152 valence electrons. The number of hydrogen-bond donors (Lipinski definition) is 2. The first kappa shape index (κ1) is 22.6. The van der Waals surface area contributed by atoms with Crippen LogP contribution >= 0.6 is 0 Å². The van der Waals surface area contributed by atoms with Crippen LogP contribution in [0.2, 0.25) is 13.6 Å². The summed E-state index contributed by atoms with van der Waals surface area (Å²) < 4.78 is 0. The van der Waals surface area contributed by atoms with E-state index in [4.69, 9.17) is 5.02 Å². The van der Waals surface area contributed by atoms with Crippen LogP contribution in [0.3, 0.4) is 0 Å². The molecule has 3 aliphatic heterocycles. The summed E-state index contributed by atoms with van der Waals surface area (Å²) in [6.45, 7) is 15.9. The smallest absolute Gasteiger partial charge is 0.376 e. The Balaban J connectivity index is 0.000000223. The van der Waals surface area contributed by atoms with Gasteiger partial charge in [-0.1, -0.05) is 12.2 Å². The maximum absolute atomic E-state index is 10.7. The predicted molar refractivity (Wildman–Crippen MR) is 113 cm³/mol. The minimum Gasteiger partial charge on any atom is -0.437 e. The van der Waals surface area contributed by atoms with Crippen LogP contribution in [0, 0.1) is 0 Å². The molecular formula is C19H37B2N3O3. The second-order valence-electron chi connectivity index (χ2n) is 8.61. The van der Waals surface area contributed by atoms with E-state index in [0.29, 0.717) is 24.2 Å². The highest BCUT2D eigenvalue weighted by atomic mass is 16.2. The summed E-state index contributed by atoms with van der Waals surface area (Å²) in [4.78, 5) is 17.4. The van der Waals surface area contributed by atoms with Gasteiger partial charge in [0.15, 0.2) is 0 Å². The van der Waals surface area contributed by atoms with Crippen molar-refractivity contribution in [3.8, 4) is 0 Å². The van der Waals surface area contributed by atoms with Gasteiger partial charge in [-0.2, -0.15) is 0 Å². The summed E-state index contributed by atoms with van der Waals surface area (Å²) in [5, 5.41) is 18.7. The fraction of sp³-hybridized carbons (Fsp3) is 0.842. The predicted octanol–water partition coefficient (Wildman–Crippen LogP) is 1.36. The molecule has 0 unspecified atom stereocenters. The van der Waals surface area contributed by atoms with E-state index in [1.54, 1.807) is 6.82 Å². The zero-order valence-corrected chi connectivity index (χ0v) is 17.5. The molecule has 6 nitrogen and oxygen atoms in total. The van der Waals surface area contributed by atoms with Gasteiger partial charge >= 0.3 is 14.1 Å². The van der Waals surface area contributed by atoms with E-state index < -0.39 is 7.05 Å². The third-order valence-electron chi connectivity index (χ3n) is 6.52. The van der Waals surface area contributed by atoms with Gasteiger partial charge in [0.2, 0.25) is 0 Å². The maximum Gasteiger partial charge on any atom is 0.376 e. The van der Waals surface area contributed by atoms with Crippen LogP contribution in [-0.4, -0.2) is 89.3 Å². The van der Waals surface area contributed by atoms with E-state index in [2.05, 4.69) is 23.2 Å². The average molecular weight is 377 g/mol. The fourth-order valence-corrected chi connectivity index (χ4v) is 4.21. The van der Waals surface area contributed by atoms with Crippen molar-refractivity contribution in [3.63, 3.8) is 0 Å². The quantitative estimate of drug-likeness (QED) is 0.572. The van der Waals surface area contributed by atoms with Crippen LogP contribution in [0.5, 0.6) is 0 Å². The molecule has 0 atom stereocenters. The molecule has 27 heavy (non-hydrogen) atoms. The fourth-order valence-electron chi connectivity index (χ4n) is 4.21. The van der Waals surface area contributed by atoms with E-state index >= 15 is 0 Å². The van der Waals surface area contributed by atoms with Crippen molar-refractivity contribution in [2.45, 2.75) is 64.6 Å². The number of hydrogen-bond acceptors (Lipinski definition) is 6. The molecule has 0 aliphatic carbocycles. The Morgan fingerprint density at radius 1 is 0.852 bits per heavy atom. The lowest BCUT2D eigenvalue weighted by molar-refractivity contribution is -0.120. The highest BCUT2D eigenvalue weighted by Crippen LogP contribution is 2.31. The van der Waals surface area contributed by atoms with Gasteiger partial charge in [-0.05, 0) is 72.4 Å². The molecule has 0 aromatic carbocycles. The molecule has 3 fully saturated rings. The summed E-state index contributed by atoms with van der Waals surface area (Å²) >= 11 is 0. The molecule has 2 N–H and O–H groups in total. The molecule has 0 spiro atoms. The Hall–Kier alpha value is -0.660. The molecule has 3 aliphatic rings. The van der Waals surface area contributed by atoms with E-state index in [0.717, 1.165) is 39.0 Å². The van der Waals surface area contributed by atoms with Gasteiger partial charge in [-0.3, -0.25) is 9.69 Å². The van der Waals surface area contributed by atoms with E-state index in [1.807, 2.05) is 11.6 Å². The van der Waals surface area contributed by atoms with Gasteiger partial charge in [0.1, 0.15) is 5.78 Å². The lowest BCUT2D eigenvalue weighted by Crippen LogP contribution is -2.57. The first-order valence-electron chi connectivity index (χ1n) is 10.5. The second-order valence-corrected chi connectivity index (χ2v) is 8.61. The molecule has 0 aromatic heterocycles. The molecular weight excluding hydrogens is 340 g/mol. The lowest BCUT2D eigenvalue weighted by atomic mass is 9.78. The largest absolute Gasteiger partial charge is 0.437 e. The SMILES string of the molecule is C=C1CCN(C2(C)CCN(B(C)O)CC2)CC1.CB(O)N1CCC(=O)CC1. The average Bonchev–Trinajstić information content (AvgIpc) is 2.63. The zero-order chi connectivity index (χ0) is 20.0. The molecule has 0 radical (unpaired) electrons. The zero-order valence-electron chi connectivity index (χ0n) is 17.5. The van der Waals surface area contributed by atoms with Crippen LogP contribution in [0.1, 0.15) is 45.4 Å². The number of Topliss-reactive ketones (excluding diaryl/α,β-unsaturated/α-hetero) is 1. The van der Waals surface area contributed by atoms with Gasteiger partial charge < -0.3 is 19.7 Å². The summed E-state index contributed by atoms with van der Waals surface area (Å²) in [5.74, 6) is 0.317. The van der Waals surface area contributed by atoms with E-state index in [1.165, 1.54) is 31.5 Å². The summed E-state index contributed by atoms with van der Waals surface area (Å²) in [6.07, 6.45) is 5.87. The molecule has 0 amide bonds. The van der Waals surface area contributed by atoms with Crippen molar-refractivity contribution < 1.29 is 14.8 Å². The van der Waals surface area contributed by atoms with Crippen LogP contribution < -0.4 is 0 Å². The molecule has 3 saturated heterocycles. The molecule has 3 rings (SSSR count). The van der Waals surface area contributed by atoms with Crippen molar-refractivity contribution in [3.05, 3.63) is 12.2 Å². The number of carbonyl (C=O) groups excluding carboxylic acids is 1. The first-order chi connectivity index (χ1) is 12.7. The normalized spacial score (nSPS) is 24.9. The van der Waals surface area contributed by atoms with E-state index in [-0.39, 0.29) is 7.05 Å². The monoisotopic (exact) mass is 377 g/mol. The lowest BCUT2D eigenvalue weighted by Gasteiger charge is -2.48. The Kier molecular flexibility index (Phi) is 8.56. The van der Waals surface area contributed by atoms with Crippen LogP contribution in [0.25, 0.3) is 0 Å². The summed E-state index contributed by atoms with van der Waals surface area (Å²) in [7, 11) is -0.686. The van der Waals surface area contributed by atoms with Gasteiger partial charge in [0.25, 0.3) is 0 Å². The molecule has 0 saturated carbocycles. The number of carbonyl (C=O) groups is 1. The number of likely N-dealkylation sites (tertiary alicyclic amines) is 1. The third-order valence-corrected chi connectivity index (χ3v) is 6.52. The minimum absolute atomic E-state index is 0.291. The van der Waals surface area contributed by atoms with Crippen LogP contribution in [0.15, 0.2) is 12.2 Å². The van der Waals surface area contributed by atoms with E-state index in [9.17, 15) is 9.82 Å². The Morgan fingerprint density at radius 3 is 1.74 bits per heavy atom. The van der Waals surface area contributed by atoms with Gasteiger partial charge in [0, 0.05) is 31.5 Å². The number of nitrogens with zero attached hydrogens (tertiary/aromatic N) is 3. The van der Waals surface area contributed by atoms with Crippen LogP contribution in [0.4, 0.5) is 0 Å². The van der Waals surface area contributed by atoms with Crippen molar-refractivity contribution >= 4 is 19.9 Å². The number of rotatable bonds is 3. The van der Waals surface area contributed by atoms with Gasteiger partial charge in [-0.25, -0.2) is 0 Å². The number of ketones is 1. The number of piperidine rings is 3. The van der Waals surface area contributed by atoms with Crippen molar-refractivity contribution in [1.82, 2.24) is 14.5 Å². The topological polar surface area (TPSA) is 67.2 Å². The maximum atomic E-state index is 10.7. The van der Waals surface area contributed by atoms with Crippen molar-refractivity contribution in [1.29, 1.82) is 0 Å². The Bertz CT molecular complexity index is 488. The van der Waals surface area contributed by atoms with Crippen LogP contribution in [-0.2, 0) is 4.79 Å². The van der Waals surface area contributed by atoms with Crippen molar-refractivity contribution in [2.75, 3.05) is 39.3 Å². The van der Waals surface area contributed by atoms with Gasteiger partial charge in [-0.15, -0.1) is 0 Å². The standard InChI is InChI=1S/C13H25BN2O.C6H12BNO2/c1-12-4-8-15(9-5-12)13(2)6-10-16(11-7-13)14(3)17;1-7(10)8-4-2-6(9)3-5-8/h17H,1,4-11H2,2-3H3;10H,2-5H2,1H3. The van der Waals surface area contributed by atoms with Gasteiger partial charge in [0.05, 0.1) is 0 Å². The molecule has 3 heterocycles. The molecule has 8 heteroatoms. The first-order valence-corrected chi connectivity index (χ1v) is 10.5. The third kappa shape index (κ3) is 6.71. The summed E-state index contributed by atoms with van der Waals surface area (Å²) in [5.41, 5.74) is 1.75. The molecule has 0 aromatic rings. The Morgan fingerprint density at radius 2 is 1.30 bits per heavy atom. The highest BCUT2D eigenvalue weighted by molar-refractivity contribution is 6.45.